The molecule has 0 bridgehead atoms. The van der Waals surface area contributed by atoms with Crippen LogP contribution in [0.2, 0.25) is 0 Å². The molecule has 2 aromatic rings. The van der Waals surface area contributed by atoms with E-state index in [1.54, 1.807) is 12.4 Å². The van der Waals surface area contributed by atoms with Crippen molar-refractivity contribution >= 4 is 5.91 Å². The third kappa shape index (κ3) is 2.94. The highest BCUT2D eigenvalue weighted by Crippen LogP contribution is 2.29. The molecular weight excluding hydrogens is 272 g/mol. The Labute approximate surface area is 121 Å². The zero-order chi connectivity index (χ0) is 14.7. The highest BCUT2D eigenvalue weighted by Gasteiger charge is 2.28. The summed E-state index contributed by atoms with van der Waals surface area (Å²) in [6.07, 6.45) is 6.58. The van der Waals surface area contributed by atoms with Gasteiger partial charge in [0.25, 0.3) is 5.91 Å². The van der Waals surface area contributed by atoms with Crippen molar-refractivity contribution < 1.29 is 9.53 Å². The fourth-order valence-corrected chi connectivity index (χ4v) is 2.49. The van der Waals surface area contributed by atoms with E-state index in [-0.39, 0.29) is 18.1 Å². The van der Waals surface area contributed by atoms with Crippen LogP contribution < -0.4 is 5.32 Å². The lowest BCUT2D eigenvalue weighted by atomic mass is 10.2. The van der Waals surface area contributed by atoms with Gasteiger partial charge in [-0.15, -0.1) is 0 Å². The number of nitrogens with zero attached hydrogens (tertiary/aromatic N) is 4. The summed E-state index contributed by atoms with van der Waals surface area (Å²) in [6, 6.07) is 0. The van der Waals surface area contributed by atoms with Gasteiger partial charge < -0.3 is 14.6 Å². The normalized spacial score (nSPS) is 21.6. The van der Waals surface area contributed by atoms with E-state index in [9.17, 15) is 4.79 Å². The average molecular weight is 290 g/mol. The van der Waals surface area contributed by atoms with Crippen molar-refractivity contribution in [3.05, 3.63) is 30.4 Å². The van der Waals surface area contributed by atoms with Crippen LogP contribution in [0.5, 0.6) is 0 Å². The summed E-state index contributed by atoms with van der Waals surface area (Å²) >= 11 is 0. The van der Waals surface area contributed by atoms with Crippen LogP contribution in [0.1, 0.15) is 42.3 Å². The Kier molecular flexibility index (Phi) is 3.96. The molecule has 1 aliphatic heterocycles. The Balaban J connectivity index is 1.51. The highest BCUT2D eigenvalue weighted by atomic mass is 16.5. The highest BCUT2D eigenvalue weighted by molar-refractivity contribution is 5.90. The predicted molar refractivity (Wildman–Crippen MR) is 73.5 cm³/mol. The van der Waals surface area contributed by atoms with E-state index in [0.717, 1.165) is 25.2 Å². The molecule has 2 aromatic heterocycles. The summed E-state index contributed by atoms with van der Waals surface area (Å²) in [6.45, 7) is 3.16. The minimum absolute atomic E-state index is 0.00547. The maximum Gasteiger partial charge on any atom is 0.287 e. The standard InChI is InChI=1S/C13H18N6O2/c1-2-19-6-5-14-12(19)13(20)15-7-9-3-4-10(21-9)11-16-8-17-18-11/h5-6,8-10H,2-4,7H2,1H3,(H,15,20)(H,16,17,18)/t9-,10+/m1/s1. The van der Waals surface area contributed by atoms with E-state index in [0.29, 0.717) is 12.4 Å². The van der Waals surface area contributed by atoms with E-state index < -0.39 is 0 Å². The number of rotatable bonds is 5. The third-order valence-corrected chi connectivity index (χ3v) is 3.60. The lowest BCUT2D eigenvalue weighted by Gasteiger charge is -2.13. The van der Waals surface area contributed by atoms with Crippen molar-refractivity contribution in [3.8, 4) is 0 Å². The largest absolute Gasteiger partial charge is 0.365 e. The molecule has 1 aliphatic rings. The van der Waals surface area contributed by atoms with Crippen molar-refractivity contribution in [2.75, 3.05) is 6.54 Å². The number of hydrogen-bond donors (Lipinski definition) is 2. The molecule has 1 fully saturated rings. The minimum Gasteiger partial charge on any atom is -0.365 e. The third-order valence-electron chi connectivity index (χ3n) is 3.60. The second kappa shape index (κ2) is 6.04. The first-order valence-electron chi connectivity index (χ1n) is 7.08. The van der Waals surface area contributed by atoms with Gasteiger partial charge in [-0.2, -0.15) is 5.10 Å². The monoisotopic (exact) mass is 290 g/mol. The molecule has 2 N–H and O–H groups in total. The van der Waals surface area contributed by atoms with Gasteiger partial charge in [-0.1, -0.05) is 0 Å². The molecule has 112 valence electrons. The molecule has 2 atom stereocenters. The van der Waals surface area contributed by atoms with Crippen LogP contribution in [0.3, 0.4) is 0 Å². The fraction of sp³-hybridized carbons (Fsp3) is 0.538. The number of hydrogen-bond acceptors (Lipinski definition) is 5. The minimum atomic E-state index is -0.173. The SMILES string of the molecule is CCn1ccnc1C(=O)NC[C@H]1CC[C@@H](c2ncn[nH]2)O1. The zero-order valence-corrected chi connectivity index (χ0v) is 11.8. The first-order valence-corrected chi connectivity index (χ1v) is 7.08. The molecule has 21 heavy (non-hydrogen) atoms. The molecule has 8 heteroatoms. The number of ether oxygens (including phenoxy) is 1. The van der Waals surface area contributed by atoms with Crippen molar-refractivity contribution in [2.45, 2.75) is 38.5 Å². The van der Waals surface area contributed by atoms with Gasteiger partial charge in [0, 0.05) is 25.5 Å². The molecule has 3 heterocycles. The first kappa shape index (κ1) is 13.7. The molecule has 3 rings (SSSR count). The summed E-state index contributed by atoms with van der Waals surface area (Å²) in [5.41, 5.74) is 0. The molecule has 8 nitrogen and oxygen atoms in total. The van der Waals surface area contributed by atoms with Gasteiger partial charge in [0.05, 0.1) is 6.10 Å². The molecule has 1 saturated heterocycles. The maximum absolute atomic E-state index is 12.1. The number of imidazole rings is 1. The Hall–Kier alpha value is -2.22. The summed E-state index contributed by atoms with van der Waals surface area (Å²) < 4.78 is 7.66. The molecule has 0 aliphatic carbocycles. The van der Waals surface area contributed by atoms with Crippen molar-refractivity contribution in [1.29, 1.82) is 0 Å². The summed E-state index contributed by atoms with van der Waals surface area (Å²) in [7, 11) is 0. The number of aromatic nitrogens is 5. The lowest BCUT2D eigenvalue weighted by molar-refractivity contribution is 0.0391. The second-order valence-corrected chi connectivity index (χ2v) is 4.94. The molecule has 1 amide bonds. The predicted octanol–water partition coefficient (Wildman–Crippen LogP) is 0.671. The lowest BCUT2D eigenvalue weighted by Crippen LogP contribution is -2.33. The van der Waals surface area contributed by atoms with Crippen LogP contribution in [0.4, 0.5) is 0 Å². The number of carbonyl (C=O) groups excluding carboxylic acids is 1. The van der Waals surface area contributed by atoms with E-state index in [1.165, 1.54) is 6.33 Å². The van der Waals surface area contributed by atoms with Gasteiger partial charge in [-0.05, 0) is 19.8 Å². The number of H-pyrrole nitrogens is 1. The van der Waals surface area contributed by atoms with E-state index >= 15 is 0 Å². The van der Waals surface area contributed by atoms with Gasteiger partial charge in [-0.3, -0.25) is 9.89 Å². The van der Waals surface area contributed by atoms with Gasteiger partial charge >= 0.3 is 0 Å². The quantitative estimate of drug-likeness (QED) is 0.843. The molecule has 0 saturated carbocycles. The van der Waals surface area contributed by atoms with Crippen LogP contribution in [0.25, 0.3) is 0 Å². The number of nitrogens with one attached hydrogen (secondary N) is 2. The topological polar surface area (TPSA) is 97.7 Å². The van der Waals surface area contributed by atoms with Crippen molar-refractivity contribution in [2.24, 2.45) is 0 Å². The summed E-state index contributed by atoms with van der Waals surface area (Å²) in [4.78, 5) is 20.2. The second-order valence-electron chi connectivity index (χ2n) is 4.94. The summed E-state index contributed by atoms with van der Waals surface area (Å²) in [5, 5.41) is 9.51. The summed E-state index contributed by atoms with van der Waals surface area (Å²) in [5.74, 6) is 1.00. The fourth-order valence-electron chi connectivity index (χ4n) is 2.49. The molecular formula is C13H18N6O2. The number of aromatic amines is 1. The molecule has 0 aromatic carbocycles. The number of carbonyl (C=O) groups is 1. The zero-order valence-electron chi connectivity index (χ0n) is 11.8. The van der Waals surface area contributed by atoms with E-state index in [1.807, 2.05) is 11.5 Å². The molecule has 0 unspecified atom stereocenters. The van der Waals surface area contributed by atoms with E-state index in [4.69, 9.17) is 4.74 Å². The van der Waals surface area contributed by atoms with Crippen molar-refractivity contribution in [1.82, 2.24) is 30.0 Å². The Morgan fingerprint density at radius 3 is 3.19 bits per heavy atom. The van der Waals surface area contributed by atoms with Crippen LogP contribution >= 0.6 is 0 Å². The Morgan fingerprint density at radius 2 is 2.43 bits per heavy atom. The molecule has 0 spiro atoms. The number of aryl methyl sites for hydroxylation is 1. The van der Waals surface area contributed by atoms with Gasteiger partial charge in [0.1, 0.15) is 12.4 Å². The van der Waals surface area contributed by atoms with Crippen LogP contribution in [-0.2, 0) is 11.3 Å². The smallest absolute Gasteiger partial charge is 0.287 e. The van der Waals surface area contributed by atoms with Crippen LogP contribution in [0.15, 0.2) is 18.7 Å². The maximum atomic E-state index is 12.1. The van der Waals surface area contributed by atoms with E-state index in [2.05, 4.69) is 25.5 Å². The Bertz CT molecular complexity index is 594. The van der Waals surface area contributed by atoms with Gasteiger partial charge in [0.15, 0.2) is 11.6 Å². The Morgan fingerprint density at radius 1 is 1.52 bits per heavy atom. The average Bonchev–Trinajstić information content (AvgIpc) is 3.24. The van der Waals surface area contributed by atoms with Crippen LogP contribution in [-0.4, -0.2) is 43.3 Å². The van der Waals surface area contributed by atoms with Gasteiger partial charge in [-0.25, -0.2) is 9.97 Å². The van der Waals surface area contributed by atoms with Crippen LogP contribution in [0, 0.1) is 0 Å². The number of amides is 1. The molecule has 0 radical (unpaired) electrons. The van der Waals surface area contributed by atoms with Crippen molar-refractivity contribution in [3.63, 3.8) is 0 Å². The van der Waals surface area contributed by atoms with Gasteiger partial charge in [0.2, 0.25) is 0 Å². The first-order chi connectivity index (χ1) is 10.3.